The summed E-state index contributed by atoms with van der Waals surface area (Å²) < 4.78 is 1.97. The Bertz CT molecular complexity index is 875. The summed E-state index contributed by atoms with van der Waals surface area (Å²) in [5.74, 6) is 1.65. The van der Waals surface area contributed by atoms with Gasteiger partial charge in [0.05, 0.1) is 6.54 Å². The highest BCUT2D eigenvalue weighted by Gasteiger charge is 2.11. The molecule has 1 heterocycles. The van der Waals surface area contributed by atoms with Crippen molar-refractivity contribution in [3.05, 3.63) is 77.9 Å². The summed E-state index contributed by atoms with van der Waals surface area (Å²) in [6.45, 7) is 3.46. The Labute approximate surface area is 177 Å². The second-order valence-electron chi connectivity index (χ2n) is 6.14. The minimum Gasteiger partial charge on any atom is -0.349 e. The minimum atomic E-state index is 0. The van der Waals surface area contributed by atoms with E-state index in [1.807, 2.05) is 41.9 Å². The first-order valence-corrected chi connectivity index (χ1v) is 8.59. The number of guanidine groups is 1. The topological polar surface area (TPSA) is 58.3 Å². The third-order valence-electron chi connectivity index (χ3n) is 4.30. The Hall–Kier alpha value is -2.42. The fourth-order valence-corrected chi connectivity index (χ4v) is 2.84. The lowest BCUT2D eigenvalue weighted by Crippen LogP contribution is -2.38. The molecular formula is C20H25IN6. The molecule has 27 heavy (non-hydrogen) atoms. The molecule has 3 rings (SSSR count). The first kappa shape index (κ1) is 20.9. The van der Waals surface area contributed by atoms with Gasteiger partial charge < -0.3 is 10.2 Å². The number of nitrogens with zero attached hydrogens (tertiary/aromatic N) is 5. The lowest BCUT2D eigenvalue weighted by molar-refractivity contribution is 0.473. The summed E-state index contributed by atoms with van der Waals surface area (Å²) in [7, 11) is 3.82. The van der Waals surface area contributed by atoms with Crippen molar-refractivity contribution >= 4 is 29.9 Å². The molecule has 0 saturated carbocycles. The molecule has 1 N–H and O–H groups in total. The number of aliphatic imine (C=N–C) groups is 1. The number of rotatable bonds is 5. The fraction of sp³-hybridized carbons (Fsp3) is 0.250. The molecule has 0 aliphatic carbocycles. The average Bonchev–Trinajstić information content (AvgIpc) is 3.13. The fourth-order valence-electron chi connectivity index (χ4n) is 2.84. The summed E-state index contributed by atoms with van der Waals surface area (Å²) in [6, 6.07) is 18.5. The quantitative estimate of drug-likeness (QED) is 0.349. The van der Waals surface area contributed by atoms with Gasteiger partial charge >= 0.3 is 0 Å². The van der Waals surface area contributed by atoms with Gasteiger partial charge in [0, 0.05) is 26.3 Å². The average molecular weight is 476 g/mol. The van der Waals surface area contributed by atoms with E-state index in [-0.39, 0.29) is 24.0 Å². The summed E-state index contributed by atoms with van der Waals surface area (Å²) >= 11 is 0. The van der Waals surface area contributed by atoms with E-state index >= 15 is 0 Å². The Kier molecular flexibility index (Phi) is 7.78. The maximum atomic E-state index is 4.39. The predicted octanol–water partition coefficient (Wildman–Crippen LogP) is 3.40. The third kappa shape index (κ3) is 5.29. The van der Waals surface area contributed by atoms with Crippen molar-refractivity contribution in [3.63, 3.8) is 0 Å². The molecule has 0 fully saturated rings. The number of para-hydroxylation sites is 1. The van der Waals surface area contributed by atoms with Gasteiger partial charge in [-0.25, -0.2) is 0 Å². The van der Waals surface area contributed by atoms with Crippen LogP contribution in [0.25, 0.3) is 5.69 Å². The number of hydrogen-bond donors (Lipinski definition) is 1. The Morgan fingerprint density at radius 3 is 2.52 bits per heavy atom. The molecule has 0 aliphatic rings. The largest absolute Gasteiger partial charge is 0.349 e. The molecule has 3 aromatic rings. The second-order valence-corrected chi connectivity index (χ2v) is 6.14. The van der Waals surface area contributed by atoms with Crippen molar-refractivity contribution in [1.29, 1.82) is 0 Å². The van der Waals surface area contributed by atoms with Crippen LogP contribution in [-0.2, 0) is 13.1 Å². The molecule has 0 bridgehead atoms. The van der Waals surface area contributed by atoms with Crippen LogP contribution in [0.4, 0.5) is 0 Å². The molecule has 142 valence electrons. The molecule has 0 atom stereocenters. The zero-order chi connectivity index (χ0) is 18.4. The maximum absolute atomic E-state index is 4.39. The molecule has 0 unspecified atom stereocenters. The molecular weight excluding hydrogens is 451 g/mol. The third-order valence-corrected chi connectivity index (χ3v) is 4.30. The number of aromatic nitrogens is 3. The van der Waals surface area contributed by atoms with Crippen molar-refractivity contribution in [3.8, 4) is 5.69 Å². The van der Waals surface area contributed by atoms with Gasteiger partial charge in [-0.05, 0) is 30.2 Å². The molecule has 6 nitrogen and oxygen atoms in total. The van der Waals surface area contributed by atoms with Crippen molar-refractivity contribution in [1.82, 2.24) is 25.0 Å². The molecule has 0 radical (unpaired) electrons. The Morgan fingerprint density at radius 2 is 1.81 bits per heavy atom. The van der Waals surface area contributed by atoms with Gasteiger partial charge in [-0.2, -0.15) is 0 Å². The highest BCUT2D eigenvalue weighted by Crippen LogP contribution is 2.11. The molecule has 7 heteroatoms. The van der Waals surface area contributed by atoms with E-state index in [1.165, 1.54) is 11.1 Å². The van der Waals surface area contributed by atoms with Gasteiger partial charge in [0.15, 0.2) is 11.8 Å². The van der Waals surface area contributed by atoms with Crippen LogP contribution in [0.1, 0.15) is 17.0 Å². The van der Waals surface area contributed by atoms with Gasteiger partial charge in [-0.15, -0.1) is 34.2 Å². The monoisotopic (exact) mass is 476 g/mol. The molecule has 1 aromatic heterocycles. The Balaban J connectivity index is 0.00000261. The minimum absolute atomic E-state index is 0. The highest BCUT2D eigenvalue weighted by atomic mass is 127. The first-order chi connectivity index (χ1) is 12.7. The first-order valence-electron chi connectivity index (χ1n) is 8.59. The van der Waals surface area contributed by atoms with Gasteiger partial charge in [-0.3, -0.25) is 9.56 Å². The maximum Gasteiger partial charge on any atom is 0.194 e. The van der Waals surface area contributed by atoms with Crippen LogP contribution in [0.2, 0.25) is 0 Å². The van der Waals surface area contributed by atoms with Crippen LogP contribution in [0.3, 0.4) is 0 Å². The highest BCUT2D eigenvalue weighted by molar-refractivity contribution is 14.0. The van der Waals surface area contributed by atoms with Gasteiger partial charge in [0.1, 0.15) is 6.33 Å². The summed E-state index contributed by atoms with van der Waals surface area (Å²) in [6.07, 6.45) is 1.73. The number of benzene rings is 2. The van der Waals surface area contributed by atoms with Crippen molar-refractivity contribution < 1.29 is 0 Å². The van der Waals surface area contributed by atoms with Gasteiger partial charge in [-0.1, -0.05) is 42.5 Å². The van der Waals surface area contributed by atoms with Crippen LogP contribution in [0, 0.1) is 6.92 Å². The van der Waals surface area contributed by atoms with Crippen LogP contribution < -0.4 is 5.32 Å². The summed E-state index contributed by atoms with van der Waals surface area (Å²) in [5.41, 5.74) is 3.60. The molecule has 0 saturated heterocycles. The zero-order valence-corrected chi connectivity index (χ0v) is 18.2. The van der Waals surface area contributed by atoms with E-state index in [2.05, 4.69) is 56.6 Å². The second kappa shape index (κ2) is 10.1. The van der Waals surface area contributed by atoms with Crippen LogP contribution in [0.15, 0.2) is 65.9 Å². The van der Waals surface area contributed by atoms with Gasteiger partial charge in [0.2, 0.25) is 0 Å². The van der Waals surface area contributed by atoms with Crippen molar-refractivity contribution in [2.24, 2.45) is 4.99 Å². The molecule has 0 aliphatic heterocycles. The van der Waals surface area contributed by atoms with E-state index in [9.17, 15) is 0 Å². The van der Waals surface area contributed by atoms with E-state index in [4.69, 9.17) is 0 Å². The summed E-state index contributed by atoms with van der Waals surface area (Å²) in [4.78, 5) is 6.49. The molecule has 2 aromatic carbocycles. The van der Waals surface area contributed by atoms with Crippen molar-refractivity contribution in [2.45, 2.75) is 20.0 Å². The normalized spacial score (nSPS) is 11.0. The number of nitrogens with one attached hydrogen (secondary N) is 1. The zero-order valence-electron chi connectivity index (χ0n) is 15.8. The van der Waals surface area contributed by atoms with Crippen LogP contribution >= 0.6 is 24.0 Å². The standard InChI is InChI=1S/C20H24N6.HI/c1-16-9-7-8-10-17(16)14-25(3)20(21-2)22-13-19-24-23-15-26(19)18-11-5-4-6-12-18;/h4-12,15H,13-14H2,1-3H3,(H,21,22);1H. The smallest absolute Gasteiger partial charge is 0.194 e. The summed E-state index contributed by atoms with van der Waals surface area (Å²) in [5, 5.41) is 11.7. The number of halogens is 1. The lowest BCUT2D eigenvalue weighted by atomic mass is 10.1. The SMILES string of the molecule is CN=C(NCc1nncn1-c1ccccc1)N(C)Cc1ccccc1C.I. The van der Waals surface area contributed by atoms with E-state index < -0.39 is 0 Å². The Morgan fingerprint density at radius 1 is 1.11 bits per heavy atom. The van der Waals surface area contributed by atoms with E-state index in [0.29, 0.717) is 6.54 Å². The van der Waals surface area contributed by atoms with Crippen LogP contribution in [0.5, 0.6) is 0 Å². The van der Waals surface area contributed by atoms with Gasteiger partial charge in [0.25, 0.3) is 0 Å². The van der Waals surface area contributed by atoms with Crippen molar-refractivity contribution in [2.75, 3.05) is 14.1 Å². The predicted molar refractivity (Wildman–Crippen MR) is 120 cm³/mol. The molecule has 0 spiro atoms. The van der Waals surface area contributed by atoms with E-state index in [0.717, 1.165) is 24.0 Å². The molecule has 0 amide bonds. The lowest BCUT2D eigenvalue weighted by Gasteiger charge is -2.23. The number of aryl methyl sites for hydroxylation is 1. The van der Waals surface area contributed by atoms with Crippen LogP contribution in [-0.4, -0.2) is 39.7 Å². The van der Waals surface area contributed by atoms with E-state index in [1.54, 1.807) is 13.4 Å². The number of hydrogen-bond acceptors (Lipinski definition) is 3.